The van der Waals surface area contributed by atoms with Gasteiger partial charge in [-0.1, -0.05) is 63.4 Å². The fourth-order valence-electron chi connectivity index (χ4n) is 7.33. The summed E-state index contributed by atoms with van der Waals surface area (Å²) in [6.07, 6.45) is -8.72. The molecule has 0 radical (unpaired) electrons. The van der Waals surface area contributed by atoms with E-state index in [0.29, 0.717) is 25.0 Å². The summed E-state index contributed by atoms with van der Waals surface area (Å²) in [6, 6.07) is 7.24. The number of carbonyl (C=O) groups is 2. The van der Waals surface area contributed by atoms with Gasteiger partial charge in [0.1, 0.15) is 4.75 Å². The number of nitrogens with zero attached hydrogens (tertiary/aromatic N) is 1. The van der Waals surface area contributed by atoms with Crippen LogP contribution in [-0.2, 0) is 36.3 Å². The van der Waals surface area contributed by atoms with E-state index in [1.54, 1.807) is 17.0 Å². The Morgan fingerprint density at radius 2 is 1.57 bits per heavy atom. The quantitative estimate of drug-likeness (QED) is 0.260. The number of alkyl halides is 7. The molecule has 3 aliphatic rings. The van der Waals surface area contributed by atoms with Gasteiger partial charge in [0, 0.05) is 18.0 Å². The van der Waals surface area contributed by atoms with Crippen LogP contribution in [0.25, 0.3) is 0 Å². The summed E-state index contributed by atoms with van der Waals surface area (Å²) in [7, 11) is -4.36. The maximum atomic E-state index is 15.0. The Morgan fingerprint density at radius 1 is 0.957 bits per heavy atom. The molecule has 2 fully saturated rings. The molecule has 0 spiro atoms. The summed E-state index contributed by atoms with van der Waals surface area (Å²) in [6.45, 7) is 3.59. The number of sulfone groups is 1. The van der Waals surface area contributed by atoms with Crippen LogP contribution in [0.4, 0.5) is 30.7 Å². The highest BCUT2D eigenvalue weighted by atomic mass is 32.2. The van der Waals surface area contributed by atoms with Crippen molar-refractivity contribution in [1.29, 1.82) is 0 Å². The monoisotopic (exact) mass is 679 g/mol. The van der Waals surface area contributed by atoms with Crippen LogP contribution >= 0.6 is 0 Å². The Morgan fingerprint density at radius 3 is 2.13 bits per heavy atom. The standard InChI is InChI=1S/C31H34F7NO3S.CH2O2/c1-19(2)21-9-6-10-24(18-21)43(41,42)28-15-16-39(27(40)20-7-4-3-5-8-20)26(28)14-11-22-17-23(12-13-25(22)28)29(32,30(33,34)35)31(36,37)38;2-1-3/h6,9-10,12-13,17-20,26H,3-5,7-8,11,14-16H2,1-2H3;1H,(H,2,3). The van der Waals surface area contributed by atoms with E-state index in [9.17, 15) is 39.6 Å². The molecular weight excluding hydrogens is 643 g/mol. The van der Waals surface area contributed by atoms with Crippen LogP contribution in [0.2, 0.25) is 0 Å². The van der Waals surface area contributed by atoms with Crippen molar-refractivity contribution in [3.05, 3.63) is 64.7 Å². The average Bonchev–Trinajstić information content (AvgIpc) is 3.41. The third kappa shape index (κ3) is 5.79. The Kier molecular flexibility index (Phi) is 9.93. The number of benzene rings is 2. The van der Waals surface area contributed by atoms with Gasteiger partial charge >= 0.3 is 18.0 Å². The molecule has 5 rings (SSSR count). The molecule has 2 aromatic carbocycles. The molecule has 46 heavy (non-hydrogen) atoms. The predicted molar refractivity (Wildman–Crippen MR) is 154 cm³/mol. The molecule has 2 aliphatic carbocycles. The topological polar surface area (TPSA) is 91.8 Å². The van der Waals surface area contributed by atoms with Gasteiger partial charge in [-0.05, 0) is 66.8 Å². The van der Waals surface area contributed by atoms with E-state index >= 15 is 4.39 Å². The first kappa shape index (κ1) is 35.7. The third-order valence-electron chi connectivity index (χ3n) is 9.62. The summed E-state index contributed by atoms with van der Waals surface area (Å²) < 4.78 is 124. The number of carbonyl (C=O) groups excluding carboxylic acids is 1. The van der Waals surface area contributed by atoms with Crippen molar-refractivity contribution in [2.45, 2.75) is 105 Å². The van der Waals surface area contributed by atoms with Crippen LogP contribution in [-0.4, -0.2) is 55.7 Å². The molecule has 1 saturated heterocycles. The summed E-state index contributed by atoms with van der Waals surface area (Å²) in [5, 5.41) is 6.89. The van der Waals surface area contributed by atoms with E-state index in [2.05, 4.69) is 0 Å². The lowest BCUT2D eigenvalue weighted by Crippen LogP contribution is -2.53. The molecule has 6 nitrogen and oxygen atoms in total. The number of hydrogen-bond acceptors (Lipinski definition) is 4. The molecule has 1 N–H and O–H groups in total. The van der Waals surface area contributed by atoms with Crippen LogP contribution in [0.1, 0.15) is 87.0 Å². The van der Waals surface area contributed by atoms with Crippen LogP contribution < -0.4 is 0 Å². The highest BCUT2D eigenvalue weighted by Crippen LogP contribution is 2.57. The van der Waals surface area contributed by atoms with Crippen molar-refractivity contribution in [3.63, 3.8) is 0 Å². The van der Waals surface area contributed by atoms with Gasteiger partial charge in [0.05, 0.1) is 10.9 Å². The van der Waals surface area contributed by atoms with Gasteiger partial charge in [0.15, 0.2) is 9.84 Å². The van der Waals surface area contributed by atoms with Gasteiger partial charge in [-0.3, -0.25) is 9.59 Å². The molecule has 2 aromatic rings. The molecule has 254 valence electrons. The number of fused-ring (bicyclic) bond motifs is 3. The average molecular weight is 680 g/mol. The van der Waals surface area contributed by atoms with Gasteiger partial charge in [-0.25, -0.2) is 12.8 Å². The lowest BCUT2D eigenvalue weighted by atomic mass is 9.76. The zero-order valence-electron chi connectivity index (χ0n) is 25.3. The first-order valence-electron chi connectivity index (χ1n) is 15.1. The van der Waals surface area contributed by atoms with Crippen molar-refractivity contribution in [1.82, 2.24) is 4.90 Å². The van der Waals surface area contributed by atoms with Crippen LogP contribution in [0.3, 0.4) is 0 Å². The molecule has 0 bridgehead atoms. The van der Waals surface area contributed by atoms with E-state index in [-0.39, 0.29) is 66.0 Å². The van der Waals surface area contributed by atoms with Gasteiger partial charge in [-0.15, -0.1) is 0 Å². The smallest absolute Gasteiger partial charge is 0.435 e. The van der Waals surface area contributed by atoms with Crippen LogP contribution in [0, 0.1) is 5.92 Å². The largest absolute Gasteiger partial charge is 0.483 e. The molecule has 1 aliphatic heterocycles. The maximum absolute atomic E-state index is 15.0. The Labute approximate surface area is 262 Å². The number of hydrogen-bond donors (Lipinski definition) is 1. The Bertz CT molecular complexity index is 1540. The molecule has 2 atom stereocenters. The highest BCUT2D eigenvalue weighted by molar-refractivity contribution is 7.92. The van der Waals surface area contributed by atoms with Gasteiger partial charge in [0.25, 0.3) is 6.47 Å². The number of halogens is 7. The van der Waals surface area contributed by atoms with E-state index in [0.717, 1.165) is 30.9 Å². The first-order valence-corrected chi connectivity index (χ1v) is 16.6. The normalized spacial score (nSPS) is 22.5. The predicted octanol–water partition coefficient (Wildman–Crippen LogP) is 7.60. The number of carboxylic acid groups (broad SMARTS) is 1. The van der Waals surface area contributed by atoms with Crippen molar-refractivity contribution < 1.29 is 53.8 Å². The lowest BCUT2D eigenvalue weighted by molar-refractivity contribution is -0.348. The van der Waals surface area contributed by atoms with Crippen molar-refractivity contribution in [2.24, 2.45) is 5.92 Å². The molecular formula is C32H36F7NO5S. The maximum Gasteiger partial charge on any atom is 0.435 e. The first-order chi connectivity index (χ1) is 21.4. The Balaban J connectivity index is 0.00000154. The molecule has 0 aromatic heterocycles. The highest BCUT2D eigenvalue weighted by Gasteiger charge is 2.74. The summed E-state index contributed by atoms with van der Waals surface area (Å²) in [5.74, 6) is -0.472. The molecule has 2 unspecified atom stereocenters. The molecule has 1 saturated carbocycles. The van der Waals surface area contributed by atoms with E-state index in [4.69, 9.17) is 9.90 Å². The van der Waals surface area contributed by atoms with Crippen molar-refractivity contribution in [2.75, 3.05) is 6.54 Å². The molecule has 1 heterocycles. The van der Waals surface area contributed by atoms with Crippen LogP contribution in [0.5, 0.6) is 0 Å². The summed E-state index contributed by atoms with van der Waals surface area (Å²) >= 11 is 0. The van der Waals surface area contributed by atoms with Crippen molar-refractivity contribution >= 4 is 22.2 Å². The third-order valence-corrected chi connectivity index (χ3v) is 12.1. The number of aryl methyl sites for hydroxylation is 1. The van der Waals surface area contributed by atoms with Crippen LogP contribution in [0.15, 0.2) is 47.4 Å². The summed E-state index contributed by atoms with van der Waals surface area (Å²) in [5.41, 5.74) is -6.63. The number of amides is 1. The number of likely N-dealkylation sites (tertiary alicyclic amines) is 1. The van der Waals surface area contributed by atoms with Gasteiger partial charge in [-0.2, -0.15) is 26.3 Å². The minimum Gasteiger partial charge on any atom is -0.483 e. The fourth-order valence-corrected chi connectivity index (χ4v) is 9.75. The lowest BCUT2D eigenvalue weighted by Gasteiger charge is -2.43. The Hall–Kier alpha value is -3.16. The zero-order valence-corrected chi connectivity index (χ0v) is 26.1. The SMILES string of the molecule is CC(C)c1cccc(S(=O)(=O)C23CCN(C(=O)C4CCCCC4)C2CCc2cc(C(F)(C(F)(F)F)C(F)(F)F)ccc23)c1.O=CO. The second-order valence-electron chi connectivity index (χ2n) is 12.4. The zero-order chi connectivity index (χ0) is 34.3. The molecule has 1 amide bonds. The second-order valence-corrected chi connectivity index (χ2v) is 14.6. The minimum atomic E-state index is -6.30. The van der Waals surface area contributed by atoms with E-state index in [1.807, 2.05) is 13.8 Å². The number of rotatable bonds is 5. The van der Waals surface area contributed by atoms with Gasteiger partial charge < -0.3 is 10.0 Å². The molecule has 14 heteroatoms. The van der Waals surface area contributed by atoms with E-state index < -0.39 is 44.2 Å². The fraction of sp³-hybridized carbons (Fsp3) is 0.562. The summed E-state index contributed by atoms with van der Waals surface area (Å²) in [4.78, 5) is 23.6. The second kappa shape index (κ2) is 12.8. The van der Waals surface area contributed by atoms with Gasteiger partial charge in [0.2, 0.25) is 5.91 Å². The minimum absolute atomic E-state index is 0.00463. The van der Waals surface area contributed by atoms with E-state index in [1.165, 1.54) is 12.1 Å². The van der Waals surface area contributed by atoms with Crippen molar-refractivity contribution in [3.8, 4) is 0 Å².